The van der Waals surface area contributed by atoms with E-state index in [9.17, 15) is 9.90 Å². The molecule has 1 aliphatic heterocycles. The highest BCUT2D eigenvalue weighted by atomic mass is 16.4. The van der Waals surface area contributed by atoms with Gasteiger partial charge in [0.1, 0.15) is 0 Å². The number of hydrogen-bond donors (Lipinski definition) is 2. The Morgan fingerprint density at radius 2 is 2.00 bits per heavy atom. The maximum Gasteiger partial charge on any atom is 0.407 e. The van der Waals surface area contributed by atoms with Gasteiger partial charge >= 0.3 is 6.09 Å². The van der Waals surface area contributed by atoms with Crippen molar-refractivity contribution >= 4 is 6.09 Å². The molecule has 1 fully saturated rings. The van der Waals surface area contributed by atoms with Crippen molar-refractivity contribution in [1.82, 2.24) is 9.80 Å². The topological polar surface area (TPSA) is 64.0 Å². The van der Waals surface area contributed by atoms with Crippen LogP contribution >= 0.6 is 0 Å². The minimum atomic E-state index is -0.909. The van der Waals surface area contributed by atoms with Gasteiger partial charge in [0.2, 0.25) is 0 Å². The third-order valence-electron chi connectivity index (χ3n) is 3.31. The fraction of sp³-hybridized carbons (Fsp3) is 0.462. The largest absolute Gasteiger partial charge is 0.465 e. The van der Waals surface area contributed by atoms with E-state index in [1.807, 2.05) is 30.3 Å². The summed E-state index contributed by atoms with van der Waals surface area (Å²) in [6, 6.07) is 9.90. The quantitative estimate of drug-likeness (QED) is 0.834. The van der Waals surface area contributed by atoms with Crippen molar-refractivity contribution in [3.05, 3.63) is 35.9 Å². The van der Waals surface area contributed by atoms with Gasteiger partial charge in [0.15, 0.2) is 0 Å². The van der Waals surface area contributed by atoms with E-state index >= 15 is 0 Å². The smallest absolute Gasteiger partial charge is 0.407 e. The average molecular weight is 250 g/mol. The number of benzene rings is 1. The summed E-state index contributed by atoms with van der Waals surface area (Å²) in [5.41, 5.74) is 1.18. The summed E-state index contributed by atoms with van der Waals surface area (Å²) in [5, 5.41) is 18.3. The zero-order valence-electron chi connectivity index (χ0n) is 10.2. The Kier molecular flexibility index (Phi) is 4.17. The number of hydrogen-bond acceptors (Lipinski definition) is 3. The number of carbonyl (C=O) groups is 1. The molecule has 0 bridgehead atoms. The van der Waals surface area contributed by atoms with E-state index in [-0.39, 0.29) is 12.6 Å². The lowest BCUT2D eigenvalue weighted by Crippen LogP contribution is -2.55. The third-order valence-corrected chi connectivity index (χ3v) is 3.31. The van der Waals surface area contributed by atoms with Crippen LogP contribution in [0, 0.1) is 0 Å². The SMILES string of the molecule is O=C(O)N1CCN(Cc2ccccc2)[C@@H](CO)C1. The zero-order chi connectivity index (χ0) is 13.0. The van der Waals surface area contributed by atoms with E-state index in [4.69, 9.17) is 5.11 Å². The number of nitrogens with zero attached hydrogens (tertiary/aromatic N) is 2. The number of amides is 1. The Hall–Kier alpha value is -1.59. The molecule has 1 saturated heterocycles. The first-order chi connectivity index (χ1) is 8.70. The number of aliphatic hydroxyl groups excluding tert-OH is 1. The van der Waals surface area contributed by atoms with Gasteiger partial charge in [-0.25, -0.2) is 4.79 Å². The Morgan fingerprint density at radius 1 is 1.28 bits per heavy atom. The molecule has 1 amide bonds. The summed E-state index contributed by atoms with van der Waals surface area (Å²) in [4.78, 5) is 14.4. The molecular formula is C13H18N2O3. The molecule has 0 aliphatic carbocycles. The van der Waals surface area contributed by atoms with Crippen molar-refractivity contribution in [3.8, 4) is 0 Å². The zero-order valence-corrected chi connectivity index (χ0v) is 10.2. The van der Waals surface area contributed by atoms with E-state index in [1.54, 1.807) is 0 Å². The van der Waals surface area contributed by atoms with Crippen molar-refractivity contribution in [2.24, 2.45) is 0 Å². The highest BCUT2D eigenvalue weighted by molar-refractivity contribution is 5.65. The van der Waals surface area contributed by atoms with E-state index < -0.39 is 6.09 Å². The Labute approximate surface area is 106 Å². The second-order valence-electron chi connectivity index (χ2n) is 4.52. The summed E-state index contributed by atoms with van der Waals surface area (Å²) in [7, 11) is 0. The second kappa shape index (κ2) is 5.84. The highest BCUT2D eigenvalue weighted by Gasteiger charge is 2.28. The monoisotopic (exact) mass is 250 g/mol. The standard InChI is InChI=1S/C13H18N2O3/c16-10-12-9-15(13(17)18)7-6-14(12)8-11-4-2-1-3-5-11/h1-5,12,16H,6-10H2,(H,17,18)/t12-/m1/s1. The van der Waals surface area contributed by atoms with E-state index in [0.717, 1.165) is 6.54 Å². The van der Waals surface area contributed by atoms with Crippen LogP contribution in [0.3, 0.4) is 0 Å². The van der Waals surface area contributed by atoms with Gasteiger partial charge in [0.25, 0.3) is 0 Å². The third kappa shape index (κ3) is 3.00. The Balaban J connectivity index is 1.99. The summed E-state index contributed by atoms with van der Waals surface area (Å²) < 4.78 is 0. The maximum absolute atomic E-state index is 10.9. The van der Waals surface area contributed by atoms with Crippen molar-refractivity contribution in [2.45, 2.75) is 12.6 Å². The number of aliphatic hydroxyl groups is 1. The van der Waals surface area contributed by atoms with Crippen LogP contribution in [0.2, 0.25) is 0 Å². The Bertz CT molecular complexity index is 396. The van der Waals surface area contributed by atoms with Crippen LogP contribution in [0.5, 0.6) is 0 Å². The van der Waals surface area contributed by atoms with Crippen LogP contribution in [-0.4, -0.2) is 58.4 Å². The van der Waals surface area contributed by atoms with E-state index in [0.29, 0.717) is 19.6 Å². The summed E-state index contributed by atoms with van der Waals surface area (Å²) in [6.07, 6.45) is -0.909. The predicted molar refractivity (Wildman–Crippen MR) is 67.3 cm³/mol. The lowest BCUT2D eigenvalue weighted by Gasteiger charge is -2.39. The summed E-state index contributed by atoms with van der Waals surface area (Å²) in [6.45, 7) is 2.26. The maximum atomic E-state index is 10.9. The number of piperazine rings is 1. The van der Waals surface area contributed by atoms with Gasteiger partial charge in [-0.2, -0.15) is 0 Å². The molecule has 98 valence electrons. The molecule has 0 saturated carbocycles. The molecule has 1 heterocycles. The van der Waals surface area contributed by atoms with Gasteiger partial charge in [-0.05, 0) is 5.56 Å². The number of carboxylic acid groups (broad SMARTS) is 1. The van der Waals surface area contributed by atoms with Crippen LogP contribution in [0.1, 0.15) is 5.56 Å². The fourth-order valence-electron chi connectivity index (χ4n) is 2.27. The first-order valence-electron chi connectivity index (χ1n) is 6.07. The van der Waals surface area contributed by atoms with Crippen molar-refractivity contribution < 1.29 is 15.0 Å². The molecule has 0 unspecified atom stereocenters. The molecule has 2 rings (SSSR count). The molecule has 18 heavy (non-hydrogen) atoms. The first kappa shape index (κ1) is 12.9. The molecule has 0 aromatic heterocycles. The van der Waals surface area contributed by atoms with Crippen LogP contribution in [0.25, 0.3) is 0 Å². The van der Waals surface area contributed by atoms with Crippen LogP contribution in [0.15, 0.2) is 30.3 Å². The van der Waals surface area contributed by atoms with Crippen LogP contribution < -0.4 is 0 Å². The van der Waals surface area contributed by atoms with Gasteiger partial charge in [0.05, 0.1) is 12.6 Å². The van der Waals surface area contributed by atoms with Gasteiger partial charge in [-0.3, -0.25) is 4.90 Å². The van der Waals surface area contributed by atoms with Crippen molar-refractivity contribution in [2.75, 3.05) is 26.2 Å². The fourth-order valence-corrected chi connectivity index (χ4v) is 2.27. The van der Waals surface area contributed by atoms with Crippen LogP contribution in [-0.2, 0) is 6.54 Å². The molecule has 1 atom stereocenters. The summed E-state index contributed by atoms with van der Waals surface area (Å²) >= 11 is 0. The number of rotatable bonds is 3. The highest BCUT2D eigenvalue weighted by Crippen LogP contribution is 2.14. The molecule has 5 heteroatoms. The molecule has 1 aromatic rings. The lowest BCUT2D eigenvalue weighted by atomic mass is 10.1. The van der Waals surface area contributed by atoms with Gasteiger partial charge in [-0.15, -0.1) is 0 Å². The van der Waals surface area contributed by atoms with Crippen LogP contribution in [0.4, 0.5) is 4.79 Å². The van der Waals surface area contributed by atoms with E-state index in [1.165, 1.54) is 10.5 Å². The molecule has 1 aliphatic rings. The first-order valence-corrected chi connectivity index (χ1v) is 6.07. The normalized spacial score (nSPS) is 20.9. The predicted octanol–water partition coefficient (Wildman–Crippen LogP) is 0.843. The second-order valence-corrected chi connectivity index (χ2v) is 4.52. The molecule has 5 nitrogen and oxygen atoms in total. The molecule has 1 aromatic carbocycles. The minimum Gasteiger partial charge on any atom is -0.465 e. The lowest BCUT2D eigenvalue weighted by molar-refractivity contribution is 0.0368. The average Bonchev–Trinajstić information content (AvgIpc) is 2.40. The molecule has 0 radical (unpaired) electrons. The molecule has 0 spiro atoms. The molecular weight excluding hydrogens is 232 g/mol. The minimum absolute atomic E-state index is 0.0172. The van der Waals surface area contributed by atoms with Crippen molar-refractivity contribution in [1.29, 1.82) is 0 Å². The van der Waals surface area contributed by atoms with Gasteiger partial charge in [-0.1, -0.05) is 30.3 Å². The Morgan fingerprint density at radius 3 is 2.61 bits per heavy atom. The summed E-state index contributed by atoms with van der Waals surface area (Å²) in [5.74, 6) is 0. The van der Waals surface area contributed by atoms with Gasteiger partial charge in [0, 0.05) is 26.2 Å². The van der Waals surface area contributed by atoms with Gasteiger partial charge < -0.3 is 15.1 Å². The van der Waals surface area contributed by atoms with E-state index in [2.05, 4.69) is 4.90 Å². The van der Waals surface area contributed by atoms with Crippen molar-refractivity contribution in [3.63, 3.8) is 0 Å². The molecule has 2 N–H and O–H groups in total.